The second kappa shape index (κ2) is 11.9. The summed E-state index contributed by atoms with van der Waals surface area (Å²) in [7, 11) is 0. The molecule has 0 aromatic heterocycles. The minimum absolute atomic E-state index is 0. The molecule has 0 rings (SSSR count). The number of aliphatic hydroxyl groups excluding tert-OH is 2. The molecule has 3 unspecified atom stereocenters. The van der Waals surface area contributed by atoms with Gasteiger partial charge < -0.3 is 15.0 Å². The summed E-state index contributed by atoms with van der Waals surface area (Å²) in [6.45, 7) is 10.0. The maximum absolute atomic E-state index is 11.5. The van der Waals surface area contributed by atoms with E-state index in [4.69, 9.17) is 10.2 Å². The van der Waals surface area contributed by atoms with E-state index in [2.05, 4.69) is 27.7 Å². The van der Waals surface area contributed by atoms with Crippen molar-refractivity contribution < 1.29 is 58.4 Å². The molecule has 10 heteroatoms. The number of aliphatic hydroxyl groups is 2. The monoisotopic (exact) mass is 429 g/mol. The number of hydrogen-bond acceptors (Lipinski definition) is 3. The van der Waals surface area contributed by atoms with E-state index in [1.807, 2.05) is 0 Å². The fraction of sp³-hybridized carbons (Fsp3) is 0.800. The molecule has 0 heterocycles. The smallest absolute Gasteiger partial charge is 0.384 e. The van der Waals surface area contributed by atoms with Crippen molar-refractivity contribution in [1.82, 2.24) is 0 Å². The molecule has 0 aromatic rings. The van der Waals surface area contributed by atoms with Crippen LogP contribution in [0.3, 0.4) is 0 Å². The van der Waals surface area contributed by atoms with E-state index in [0.29, 0.717) is 12.3 Å². The van der Waals surface area contributed by atoms with Gasteiger partial charge in [0.25, 0.3) is 0 Å². The fourth-order valence-corrected chi connectivity index (χ4v) is 1.56. The van der Waals surface area contributed by atoms with Gasteiger partial charge in [0.2, 0.25) is 0 Å². The predicted molar refractivity (Wildman–Crippen MR) is 77.3 cm³/mol. The van der Waals surface area contributed by atoms with Crippen LogP contribution in [0.5, 0.6) is 0 Å². The van der Waals surface area contributed by atoms with Crippen molar-refractivity contribution in [2.45, 2.75) is 72.0 Å². The molecule has 155 valence electrons. The number of carbonyl (C=O) groups excluding carboxylic acids is 1. The average molecular weight is 430 g/mol. The first-order valence-electron chi connectivity index (χ1n) is 7.13. The van der Waals surface area contributed by atoms with Gasteiger partial charge in [0.05, 0.1) is 0 Å². The molecule has 1 radical (unpaired) electrons. The normalized spacial score (nSPS) is 15.1. The van der Waals surface area contributed by atoms with E-state index in [1.165, 1.54) is 11.1 Å². The Bertz CT molecular complexity index is 410. The number of carbonyl (C=O) groups is 1. The zero-order chi connectivity index (χ0) is 19.9. The SMILES string of the molecule is CC(=O)CC(C)C(C)=C(C)C.OC(CC(O)C(F)(F)F)C(F)(F)F.[Cu]. The van der Waals surface area contributed by atoms with Gasteiger partial charge in [-0.1, -0.05) is 18.1 Å². The molecule has 3 nitrogen and oxygen atoms in total. The fourth-order valence-electron chi connectivity index (χ4n) is 1.56. The second-order valence-corrected chi connectivity index (χ2v) is 5.84. The van der Waals surface area contributed by atoms with E-state index in [-0.39, 0.29) is 22.9 Å². The summed E-state index contributed by atoms with van der Waals surface area (Å²) in [5.74, 6) is 0.690. The Morgan fingerprint density at radius 2 is 1.20 bits per heavy atom. The number of ketones is 1. The van der Waals surface area contributed by atoms with Crippen molar-refractivity contribution >= 4 is 5.78 Å². The van der Waals surface area contributed by atoms with Gasteiger partial charge >= 0.3 is 12.4 Å². The summed E-state index contributed by atoms with van der Waals surface area (Å²) in [6.07, 6.45) is -17.7. The van der Waals surface area contributed by atoms with E-state index < -0.39 is 31.0 Å². The molecule has 0 saturated carbocycles. The number of halogens is 6. The Morgan fingerprint density at radius 1 is 0.880 bits per heavy atom. The standard InChI is InChI=1S/C10H18O.C5H6F6O2.Cu/c1-7(2)10(5)8(3)6-9(4)11;6-4(7,8)2(12)1-3(13)5(9,10)11;/h8H,6H2,1-5H3;2-3,12-13H,1H2;. The number of Topliss-reactive ketones (excluding diaryl/α,β-unsaturated/α-hetero) is 1. The van der Waals surface area contributed by atoms with Crippen LogP contribution in [-0.2, 0) is 21.9 Å². The predicted octanol–water partition coefficient (Wildman–Crippen LogP) is 4.18. The van der Waals surface area contributed by atoms with Crippen LogP contribution >= 0.6 is 0 Å². The molecule has 0 aliphatic heterocycles. The van der Waals surface area contributed by atoms with Crippen molar-refractivity contribution in [1.29, 1.82) is 0 Å². The third-order valence-electron chi connectivity index (χ3n) is 3.32. The molecule has 0 aromatic carbocycles. The Kier molecular flexibility index (Phi) is 13.9. The van der Waals surface area contributed by atoms with E-state index >= 15 is 0 Å². The summed E-state index contributed by atoms with van der Waals surface area (Å²) in [6, 6.07) is 0. The summed E-state index contributed by atoms with van der Waals surface area (Å²) >= 11 is 0. The largest absolute Gasteiger partial charge is 0.414 e. The molecule has 0 amide bonds. The van der Waals surface area contributed by atoms with Crippen LogP contribution in [0.25, 0.3) is 0 Å². The van der Waals surface area contributed by atoms with Gasteiger partial charge in [0, 0.05) is 29.9 Å². The van der Waals surface area contributed by atoms with Crippen LogP contribution in [0.15, 0.2) is 11.1 Å². The van der Waals surface area contributed by atoms with E-state index in [1.54, 1.807) is 6.92 Å². The van der Waals surface area contributed by atoms with Gasteiger partial charge in [0.1, 0.15) is 5.78 Å². The van der Waals surface area contributed by atoms with Gasteiger partial charge in [-0.25, -0.2) is 0 Å². The molecule has 0 bridgehead atoms. The Balaban J connectivity index is -0.000000377. The van der Waals surface area contributed by atoms with Gasteiger partial charge in [-0.05, 0) is 33.6 Å². The Hall–Kier alpha value is -0.571. The number of rotatable bonds is 5. The summed E-state index contributed by atoms with van der Waals surface area (Å²) in [5.41, 5.74) is 2.68. The zero-order valence-electron chi connectivity index (χ0n) is 14.5. The maximum Gasteiger partial charge on any atom is 0.414 e. The molecular weight excluding hydrogens is 406 g/mol. The van der Waals surface area contributed by atoms with Crippen LogP contribution in [0, 0.1) is 5.92 Å². The van der Waals surface area contributed by atoms with Crippen molar-refractivity contribution in [3.8, 4) is 0 Å². The average Bonchev–Trinajstić information content (AvgIpc) is 2.35. The van der Waals surface area contributed by atoms with Gasteiger partial charge in [-0.15, -0.1) is 0 Å². The second-order valence-electron chi connectivity index (χ2n) is 5.84. The molecule has 0 aliphatic carbocycles. The summed E-state index contributed by atoms with van der Waals surface area (Å²) < 4.78 is 68.8. The molecule has 3 atom stereocenters. The van der Waals surface area contributed by atoms with Crippen LogP contribution in [-0.4, -0.2) is 40.6 Å². The minimum atomic E-state index is -5.15. The Labute approximate surface area is 154 Å². The van der Waals surface area contributed by atoms with E-state index in [0.717, 1.165) is 0 Å². The molecule has 0 fully saturated rings. The first kappa shape index (κ1) is 29.2. The van der Waals surface area contributed by atoms with Crippen molar-refractivity contribution in [2.75, 3.05) is 0 Å². The van der Waals surface area contributed by atoms with Crippen molar-refractivity contribution in [3.05, 3.63) is 11.1 Å². The van der Waals surface area contributed by atoms with Crippen LogP contribution < -0.4 is 0 Å². The molecule has 0 spiro atoms. The zero-order valence-corrected chi connectivity index (χ0v) is 15.5. The first-order chi connectivity index (χ1) is 10.5. The van der Waals surface area contributed by atoms with Crippen LogP contribution in [0.4, 0.5) is 26.3 Å². The van der Waals surface area contributed by atoms with Crippen molar-refractivity contribution in [3.63, 3.8) is 0 Å². The molecule has 25 heavy (non-hydrogen) atoms. The molecule has 0 saturated heterocycles. The quantitative estimate of drug-likeness (QED) is 0.391. The molecular formula is C15H24CuF6O3. The van der Waals surface area contributed by atoms with Crippen LogP contribution in [0.1, 0.15) is 47.5 Å². The summed E-state index contributed by atoms with van der Waals surface area (Å²) in [4.78, 5) is 10.8. The van der Waals surface area contributed by atoms with Gasteiger partial charge in [-0.3, -0.25) is 0 Å². The minimum Gasteiger partial charge on any atom is -0.384 e. The first-order valence-corrected chi connectivity index (χ1v) is 7.13. The molecule has 0 aliphatic rings. The van der Waals surface area contributed by atoms with Crippen molar-refractivity contribution in [2.24, 2.45) is 5.92 Å². The third-order valence-corrected chi connectivity index (χ3v) is 3.32. The molecule has 2 N–H and O–H groups in total. The van der Waals surface area contributed by atoms with Gasteiger partial charge in [0.15, 0.2) is 12.2 Å². The van der Waals surface area contributed by atoms with E-state index in [9.17, 15) is 31.1 Å². The maximum atomic E-state index is 11.5. The topological polar surface area (TPSA) is 57.5 Å². The Morgan fingerprint density at radius 3 is 1.40 bits per heavy atom. The third kappa shape index (κ3) is 14.3. The number of allylic oxidation sites excluding steroid dienone is 2. The summed E-state index contributed by atoms with van der Waals surface area (Å²) in [5, 5.41) is 16.3. The number of hydrogen-bond donors (Lipinski definition) is 2. The van der Waals surface area contributed by atoms with Gasteiger partial charge in [-0.2, -0.15) is 26.3 Å². The number of alkyl halides is 6. The van der Waals surface area contributed by atoms with Crippen LogP contribution in [0.2, 0.25) is 0 Å².